The molecule has 0 aliphatic carbocycles. The molecule has 0 bridgehead atoms. The van der Waals surface area contributed by atoms with E-state index in [9.17, 15) is 9.59 Å². The van der Waals surface area contributed by atoms with E-state index in [0.717, 1.165) is 5.56 Å². The third kappa shape index (κ3) is 5.75. The Morgan fingerprint density at radius 1 is 1.26 bits per heavy atom. The van der Waals surface area contributed by atoms with Gasteiger partial charge in [0.2, 0.25) is 11.8 Å². The average molecular weight is 283 g/mol. The normalized spacial score (nSPS) is 11.7. The Bertz CT molecular complexity index is 432. The van der Waals surface area contributed by atoms with Gasteiger partial charge in [0.15, 0.2) is 0 Å². The molecule has 1 rings (SSSR count). The van der Waals surface area contributed by atoms with Gasteiger partial charge in [-0.3, -0.25) is 9.59 Å². The lowest BCUT2D eigenvalue weighted by Crippen LogP contribution is -2.44. The number of benzene rings is 1. The SMILES string of the molecule is CCNC(=O)[C@H](C)NC(=O)CCc1ccc(Cl)cc1. The number of hydrogen-bond donors (Lipinski definition) is 2. The number of likely N-dealkylation sites (N-methyl/N-ethyl adjacent to an activating group) is 1. The van der Waals surface area contributed by atoms with Gasteiger partial charge in [0.25, 0.3) is 0 Å². The molecule has 0 heterocycles. The van der Waals surface area contributed by atoms with E-state index < -0.39 is 6.04 Å². The second-order valence-corrected chi connectivity index (χ2v) is 4.75. The van der Waals surface area contributed by atoms with Crippen molar-refractivity contribution in [3.8, 4) is 0 Å². The van der Waals surface area contributed by atoms with E-state index in [-0.39, 0.29) is 11.8 Å². The van der Waals surface area contributed by atoms with E-state index in [0.29, 0.717) is 24.4 Å². The Morgan fingerprint density at radius 3 is 2.47 bits per heavy atom. The number of nitrogens with one attached hydrogen (secondary N) is 2. The third-order valence-electron chi connectivity index (χ3n) is 2.68. The number of hydrogen-bond acceptors (Lipinski definition) is 2. The minimum absolute atomic E-state index is 0.131. The van der Waals surface area contributed by atoms with Gasteiger partial charge in [-0.15, -0.1) is 0 Å². The first-order valence-corrected chi connectivity index (χ1v) is 6.72. The molecule has 0 unspecified atom stereocenters. The topological polar surface area (TPSA) is 58.2 Å². The van der Waals surface area contributed by atoms with Gasteiger partial charge in [-0.05, 0) is 38.0 Å². The highest BCUT2D eigenvalue weighted by Gasteiger charge is 2.14. The second kappa shape index (κ2) is 7.79. The zero-order valence-corrected chi connectivity index (χ0v) is 12.0. The van der Waals surface area contributed by atoms with Crippen molar-refractivity contribution in [3.63, 3.8) is 0 Å². The fourth-order valence-electron chi connectivity index (χ4n) is 1.62. The summed E-state index contributed by atoms with van der Waals surface area (Å²) in [4.78, 5) is 23.1. The van der Waals surface area contributed by atoms with Crippen molar-refractivity contribution in [1.29, 1.82) is 0 Å². The van der Waals surface area contributed by atoms with Gasteiger partial charge >= 0.3 is 0 Å². The minimum atomic E-state index is -0.502. The highest BCUT2D eigenvalue weighted by atomic mass is 35.5. The van der Waals surface area contributed by atoms with Crippen LogP contribution < -0.4 is 10.6 Å². The fourth-order valence-corrected chi connectivity index (χ4v) is 1.74. The molecule has 0 saturated heterocycles. The maximum atomic E-state index is 11.7. The van der Waals surface area contributed by atoms with Crippen molar-refractivity contribution >= 4 is 23.4 Å². The molecule has 4 nitrogen and oxygen atoms in total. The number of carbonyl (C=O) groups excluding carboxylic acids is 2. The van der Waals surface area contributed by atoms with Gasteiger partial charge in [-0.25, -0.2) is 0 Å². The zero-order valence-electron chi connectivity index (χ0n) is 11.2. The summed E-state index contributed by atoms with van der Waals surface area (Å²) in [6.07, 6.45) is 0.983. The van der Waals surface area contributed by atoms with Crippen LogP contribution in [0.15, 0.2) is 24.3 Å². The molecule has 0 saturated carbocycles. The smallest absolute Gasteiger partial charge is 0.242 e. The quantitative estimate of drug-likeness (QED) is 0.837. The van der Waals surface area contributed by atoms with Gasteiger partial charge in [0, 0.05) is 18.0 Å². The molecule has 0 radical (unpaired) electrons. The first-order valence-electron chi connectivity index (χ1n) is 6.34. The van der Waals surface area contributed by atoms with Crippen LogP contribution in [0, 0.1) is 0 Å². The molecule has 0 aliphatic heterocycles. The largest absolute Gasteiger partial charge is 0.355 e. The maximum absolute atomic E-state index is 11.7. The molecule has 0 fully saturated rings. The van der Waals surface area contributed by atoms with Crippen molar-refractivity contribution in [3.05, 3.63) is 34.9 Å². The van der Waals surface area contributed by atoms with Gasteiger partial charge in [0.1, 0.15) is 6.04 Å². The molecule has 1 aromatic carbocycles. The van der Waals surface area contributed by atoms with Gasteiger partial charge in [-0.2, -0.15) is 0 Å². The van der Waals surface area contributed by atoms with Gasteiger partial charge in [-0.1, -0.05) is 23.7 Å². The number of rotatable bonds is 6. The summed E-state index contributed by atoms with van der Waals surface area (Å²) in [5.41, 5.74) is 1.05. The molecule has 104 valence electrons. The van der Waals surface area contributed by atoms with Crippen LogP contribution in [0.2, 0.25) is 5.02 Å². The molecule has 1 aromatic rings. The molecule has 0 spiro atoms. The second-order valence-electron chi connectivity index (χ2n) is 4.31. The number of amides is 2. The van der Waals surface area contributed by atoms with Crippen molar-refractivity contribution in [2.24, 2.45) is 0 Å². The highest BCUT2D eigenvalue weighted by molar-refractivity contribution is 6.30. The molecule has 2 amide bonds. The molecule has 19 heavy (non-hydrogen) atoms. The van der Waals surface area contributed by atoms with Crippen molar-refractivity contribution in [2.45, 2.75) is 32.7 Å². The van der Waals surface area contributed by atoms with Crippen molar-refractivity contribution in [2.75, 3.05) is 6.54 Å². The summed E-state index contributed by atoms with van der Waals surface area (Å²) in [5, 5.41) is 6.01. The van der Waals surface area contributed by atoms with E-state index >= 15 is 0 Å². The van der Waals surface area contributed by atoms with E-state index in [1.54, 1.807) is 19.1 Å². The van der Waals surface area contributed by atoms with Gasteiger partial charge in [0.05, 0.1) is 0 Å². The first-order chi connectivity index (χ1) is 9.02. The molecule has 0 aliphatic rings. The fraction of sp³-hybridized carbons (Fsp3) is 0.429. The van der Waals surface area contributed by atoms with E-state index in [2.05, 4.69) is 10.6 Å². The molecular formula is C14H19ClN2O2. The summed E-state index contributed by atoms with van der Waals surface area (Å²) in [6, 6.07) is 6.88. The monoisotopic (exact) mass is 282 g/mol. The number of halogens is 1. The average Bonchev–Trinajstić information content (AvgIpc) is 2.38. The lowest BCUT2D eigenvalue weighted by atomic mass is 10.1. The molecule has 1 atom stereocenters. The van der Waals surface area contributed by atoms with Crippen LogP contribution in [-0.2, 0) is 16.0 Å². The first kappa shape index (κ1) is 15.5. The Hall–Kier alpha value is -1.55. The van der Waals surface area contributed by atoms with Gasteiger partial charge < -0.3 is 10.6 Å². The standard InChI is InChI=1S/C14H19ClN2O2/c1-3-16-14(19)10(2)17-13(18)9-6-11-4-7-12(15)8-5-11/h4-5,7-8,10H,3,6,9H2,1-2H3,(H,16,19)(H,17,18)/t10-/m0/s1. The summed E-state index contributed by atoms with van der Waals surface area (Å²) >= 11 is 5.78. The number of aryl methyl sites for hydroxylation is 1. The van der Waals surface area contributed by atoms with Crippen LogP contribution in [0.1, 0.15) is 25.8 Å². The van der Waals surface area contributed by atoms with Crippen LogP contribution in [0.5, 0.6) is 0 Å². The third-order valence-corrected chi connectivity index (χ3v) is 2.93. The highest BCUT2D eigenvalue weighted by Crippen LogP contribution is 2.10. The van der Waals surface area contributed by atoms with E-state index in [1.807, 2.05) is 19.1 Å². The van der Waals surface area contributed by atoms with E-state index in [1.165, 1.54) is 0 Å². The van der Waals surface area contributed by atoms with Crippen LogP contribution in [-0.4, -0.2) is 24.4 Å². The molecule has 0 aromatic heterocycles. The molecule has 2 N–H and O–H groups in total. The predicted octanol–water partition coefficient (Wildman–Crippen LogP) is 1.91. The van der Waals surface area contributed by atoms with Crippen LogP contribution >= 0.6 is 11.6 Å². The zero-order chi connectivity index (χ0) is 14.3. The lowest BCUT2D eigenvalue weighted by Gasteiger charge is -2.13. The molecule has 5 heteroatoms. The predicted molar refractivity (Wildman–Crippen MR) is 76.1 cm³/mol. The Morgan fingerprint density at radius 2 is 1.89 bits per heavy atom. The lowest BCUT2D eigenvalue weighted by molar-refractivity contribution is -0.128. The van der Waals surface area contributed by atoms with Crippen molar-refractivity contribution in [1.82, 2.24) is 10.6 Å². The van der Waals surface area contributed by atoms with Crippen LogP contribution in [0.3, 0.4) is 0 Å². The van der Waals surface area contributed by atoms with Crippen LogP contribution in [0.4, 0.5) is 0 Å². The van der Waals surface area contributed by atoms with Crippen molar-refractivity contribution < 1.29 is 9.59 Å². The minimum Gasteiger partial charge on any atom is -0.355 e. The summed E-state index contributed by atoms with van der Waals surface area (Å²) in [5.74, 6) is -0.295. The van der Waals surface area contributed by atoms with E-state index in [4.69, 9.17) is 11.6 Å². The summed E-state index contributed by atoms with van der Waals surface area (Å²) < 4.78 is 0. The summed E-state index contributed by atoms with van der Waals surface area (Å²) in [7, 11) is 0. The Labute approximate surface area is 118 Å². The summed E-state index contributed by atoms with van der Waals surface area (Å²) in [6.45, 7) is 4.07. The Balaban J connectivity index is 2.35. The number of carbonyl (C=O) groups is 2. The molecular weight excluding hydrogens is 264 g/mol. The Kier molecular flexibility index (Phi) is 6.36. The maximum Gasteiger partial charge on any atom is 0.242 e. The van der Waals surface area contributed by atoms with Crippen LogP contribution in [0.25, 0.3) is 0 Å².